The molecule has 4 nitrogen and oxygen atoms in total. The summed E-state index contributed by atoms with van der Waals surface area (Å²) in [5.74, 6) is 6.00. The maximum absolute atomic E-state index is 5.25. The number of hydrogen-bond acceptors (Lipinski definition) is 4. The highest BCUT2D eigenvalue weighted by molar-refractivity contribution is 5.38. The maximum atomic E-state index is 5.25. The van der Waals surface area contributed by atoms with Crippen LogP contribution in [0.3, 0.4) is 0 Å². The highest BCUT2D eigenvalue weighted by Crippen LogP contribution is 2.13. The number of rotatable bonds is 1. The van der Waals surface area contributed by atoms with Crippen molar-refractivity contribution < 1.29 is 0 Å². The van der Waals surface area contributed by atoms with Gasteiger partial charge in [0.15, 0.2) is 0 Å². The Morgan fingerprint density at radius 3 is 3.25 bits per heavy atom. The molecule has 0 radical (unpaired) electrons. The van der Waals surface area contributed by atoms with E-state index in [1.807, 2.05) is 6.07 Å². The van der Waals surface area contributed by atoms with Crippen LogP contribution in [0.25, 0.3) is 0 Å². The summed E-state index contributed by atoms with van der Waals surface area (Å²) in [6.45, 7) is 1.93. The molecule has 0 spiro atoms. The molecule has 1 aromatic heterocycles. The van der Waals surface area contributed by atoms with E-state index >= 15 is 0 Å². The molecule has 2 heterocycles. The van der Waals surface area contributed by atoms with Crippen molar-refractivity contribution in [2.45, 2.75) is 13.0 Å². The fourth-order valence-electron chi connectivity index (χ4n) is 1.42. The van der Waals surface area contributed by atoms with Crippen LogP contribution in [0.4, 0.5) is 5.82 Å². The van der Waals surface area contributed by atoms with E-state index in [9.17, 15) is 0 Å². The molecule has 64 valence electrons. The predicted octanol–water partition coefficient (Wildman–Crippen LogP) is 0.0129. The monoisotopic (exact) mass is 164 g/mol. The second kappa shape index (κ2) is 3.08. The van der Waals surface area contributed by atoms with E-state index in [1.165, 1.54) is 5.56 Å². The van der Waals surface area contributed by atoms with Crippen LogP contribution < -0.4 is 16.6 Å². The Morgan fingerprint density at radius 1 is 1.50 bits per heavy atom. The van der Waals surface area contributed by atoms with E-state index in [1.54, 1.807) is 0 Å². The molecule has 0 aromatic carbocycles. The van der Waals surface area contributed by atoms with Crippen molar-refractivity contribution in [1.82, 2.24) is 10.3 Å². The van der Waals surface area contributed by atoms with Gasteiger partial charge in [0.25, 0.3) is 0 Å². The minimum atomic E-state index is 0.746. The van der Waals surface area contributed by atoms with Crippen molar-refractivity contribution in [3.05, 3.63) is 23.4 Å². The van der Waals surface area contributed by atoms with Crippen LogP contribution in [0.5, 0.6) is 0 Å². The number of aromatic nitrogens is 1. The molecule has 0 unspecified atom stereocenters. The second-order valence-electron chi connectivity index (χ2n) is 2.87. The SMILES string of the molecule is NNc1ccc2c(n1)CCNC2. The number of hydrogen-bond donors (Lipinski definition) is 3. The lowest BCUT2D eigenvalue weighted by atomic mass is 10.1. The molecule has 0 amide bonds. The van der Waals surface area contributed by atoms with Gasteiger partial charge in [0.1, 0.15) is 5.82 Å². The molecule has 0 bridgehead atoms. The van der Waals surface area contributed by atoms with Crippen LogP contribution in [0.15, 0.2) is 12.1 Å². The van der Waals surface area contributed by atoms with E-state index in [2.05, 4.69) is 21.8 Å². The average molecular weight is 164 g/mol. The molecular formula is C8H12N4. The molecule has 1 aromatic rings. The van der Waals surface area contributed by atoms with E-state index in [0.29, 0.717) is 0 Å². The lowest BCUT2D eigenvalue weighted by Gasteiger charge is -2.16. The molecule has 12 heavy (non-hydrogen) atoms. The number of pyridine rings is 1. The molecule has 4 N–H and O–H groups in total. The smallest absolute Gasteiger partial charge is 0.140 e. The second-order valence-corrected chi connectivity index (χ2v) is 2.87. The van der Waals surface area contributed by atoms with Crippen molar-refractivity contribution in [3.8, 4) is 0 Å². The van der Waals surface area contributed by atoms with Gasteiger partial charge in [-0.3, -0.25) is 0 Å². The van der Waals surface area contributed by atoms with Crippen molar-refractivity contribution in [3.63, 3.8) is 0 Å². The number of nitrogen functional groups attached to an aromatic ring is 1. The molecular weight excluding hydrogens is 152 g/mol. The predicted molar refractivity (Wildman–Crippen MR) is 47.5 cm³/mol. The number of nitrogens with one attached hydrogen (secondary N) is 2. The Labute approximate surface area is 71.1 Å². The molecule has 0 saturated carbocycles. The Kier molecular flexibility index (Phi) is 1.93. The third kappa shape index (κ3) is 1.26. The van der Waals surface area contributed by atoms with Crippen LogP contribution in [0.1, 0.15) is 11.3 Å². The molecule has 1 aliphatic rings. The summed E-state index contributed by atoms with van der Waals surface area (Å²) < 4.78 is 0. The average Bonchev–Trinajstić information content (AvgIpc) is 2.17. The van der Waals surface area contributed by atoms with E-state index in [0.717, 1.165) is 31.0 Å². The van der Waals surface area contributed by atoms with Gasteiger partial charge in [-0.2, -0.15) is 0 Å². The maximum Gasteiger partial charge on any atom is 0.140 e. The number of hydrazine groups is 1. The number of nitrogens with zero attached hydrogens (tertiary/aromatic N) is 1. The topological polar surface area (TPSA) is 63.0 Å². The molecule has 4 heteroatoms. The summed E-state index contributed by atoms with van der Waals surface area (Å²) in [6.07, 6.45) is 0.991. The third-order valence-electron chi connectivity index (χ3n) is 2.07. The van der Waals surface area contributed by atoms with Gasteiger partial charge < -0.3 is 10.7 Å². The Morgan fingerprint density at radius 2 is 2.42 bits per heavy atom. The van der Waals surface area contributed by atoms with E-state index in [4.69, 9.17) is 5.84 Å². The highest BCUT2D eigenvalue weighted by atomic mass is 15.2. The zero-order valence-corrected chi connectivity index (χ0v) is 6.80. The Balaban J connectivity index is 2.36. The lowest BCUT2D eigenvalue weighted by Crippen LogP contribution is -2.25. The number of anilines is 1. The highest BCUT2D eigenvalue weighted by Gasteiger charge is 2.09. The fourth-order valence-corrected chi connectivity index (χ4v) is 1.42. The van der Waals surface area contributed by atoms with Gasteiger partial charge in [-0.25, -0.2) is 10.8 Å². The van der Waals surface area contributed by atoms with Crippen molar-refractivity contribution in [1.29, 1.82) is 0 Å². The van der Waals surface area contributed by atoms with Gasteiger partial charge in [0, 0.05) is 25.2 Å². The molecule has 0 fully saturated rings. The van der Waals surface area contributed by atoms with Gasteiger partial charge in [-0.15, -0.1) is 0 Å². The summed E-state index contributed by atoms with van der Waals surface area (Å²) in [5, 5.41) is 3.29. The van der Waals surface area contributed by atoms with Crippen molar-refractivity contribution in [2.75, 3.05) is 12.0 Å². The van der Waals surface area contributed by atoms with E-state index in [-0.39, 0.29) is 0 Å². The number of fused-ring (bicyclic) bond motifs is 1. The van der Waals surface area contributed by atoms with Crippen LogP contribution in [-0.4, -0.2) is 11.5 Å². The van der Waals surface area contributed by atoms with Crippen molar-refractivity contribution in [2.24, 2.45) is 5.84 Å². The normalized spacial score (nSPS) is 15.4. The zero-order valence-electron chi connectivity index (χ0n) is 6.80. The molecule has 0 saturated heterocycles. The zero-order chi connectivity index (χ0) is 8.39. The minimum absolute atomic E-state index is 0.746. The summed E-state index contributed by atoms with van der Waals surface area (Å²) in [4.78, 5) is 4.36. The minimum Gasteiger partial charge on any atom is -0.312 e. The number of nitrogens with two attached hydrogens (primary N) is 1. The summed E-state index contributed by atoms with van der Waals surface area (Å²) >= 11 is 0. The van der Waals surface area contributed by atoms with Gasteiger partial charge in [0.2, 0.25) is 0 Å². The summed E-state index contributed by atoms with van der Waals surface area (Å²) in [6, 6.07) is 3.95. The summed E-state index contributed by atoms with van der Waals surface area (Å²) in [7, 11) is 0. The van der Waals surface area contributed by atoms with Gasteiger partial charge in [-0.05, 0) is 11.6 Å². The molecule has 2 rings (SSSR count). The third-order valence-corrected chi connectivity index (χ3v) is 2.07. The van der Waals surface area contributed by atoms with Crippen LogP contribution in [0, 0.1) is 0 Å². The summed E-state index contributed by atoms with van der Waals surface area (Å²) in [5.41, 5.74) is 4.98. The first-order chi connectivity index (χ1) is 5.90. The first-order valence-electron chi connectivity index (χ1n) is 4.06. The van der Waals surface area contributed by atoms with Crippen molar-refractivity contribution >= 4 is 5.82 Å². The lowest BCUT2D eigenvalue weighted by molar-refractivity contribution is 0.631. The Hall–Kier alpha value is -1.13. The Bertz CT molecular complexity index is 284. The van der Waals surface area contributed by atoms with Gasteiger partial charge in [0.05, 0.1) is 0 Å². The van der Waals surface area contributed by atoms with Crippen LogP contribution in [-0.2, 0) is 13.0 Å². The quantitative estimate of drug-likeness (QED) is 0.404. The fraction of sp³-hybridized carbons (Fsp3) is 0.375. The molecule has 0 atom stereocenters. The van der Waals surface area contributed by atoms with Crippen LogP contribution >= 0.6 is 0 Å². The molecule has 1 aliphatic heterocycles. The standard InChI is InChI=1S/C8H12N4/c9-12-8-2-1-6-5-10-4-3-7(6)11-8/h1-2,10H,3-5,9H2,(H,11,12). The van der Waals surface area contributed by atoms with E-state index < -0.39 is 0 Å². The largest absolute Gasteiger partial charge is 0.312 e. The first-order valence-corrected chi connectivity index (χ1v) is 4.06. The van der Waals surface area contributed by atoms with Gasteiger partial charge >= 0.3 is 0 Å². The van der Waals surface area contributed by atoms with Gasteiger partial charge in [-0.1, -0.05) is 6.07 Å². The molecule has 0 aliphatic carbocycles. The first kappa shape index (κ1) is 7.52. The van der Waals surface area contributed by atoms with Crippen LogP contribution in [0.2, 0.25) is 0 Å².